The third-order valence-corrected chi connectivity index (χ3v) is 5.81. The van der Waals surface area contributed by atoms with Gasteiger partial charge >= 0.3 is 0 Å². The van der Waals surface area contributed by atoms with Crippen molar-refractivity contribution in [2.75, 3.05) is 59.5 Å². The number of guanidine groups is 1. The van der Waals surface area contributed by atoms with Crippen LogP contribution in [0.15, 0.2) is 29.3 Å². The van der Waals surface area contributed by atoms with Gasteiger partial charge in [-0.25, -0.2) is 4.99 Å². The van der Waals surface area contributed by atoms with Gasteiger partial charge < -0.3 is 20.3 Å². The monoisotopic (exact) mass is 543 g/mol. The zero-order valence-electron chi connectivity index (χ0n) is 19.4. The van der Waals surface area contributed by atoms with E-state index in [9.17, 15) is 0 Å². The molecule has 3 rings (SSSR count). The lowest BCUT2D eigenvalue weighted by Crippen LogP contribution is -2.38. The molecule has 1 saturated heterocycles. The molecule has 31 heavy (non-hydrogen) atoms. The van der Waals surface area contributed by atoms with E-state index in [1.165, 1.54) is 50.0 Å². The van der Waals surface area contributed by atoms with Gasteiger partial charge in [0.15, 0.2) is 5.96 Å². The van der Waals surface area contributed by atoms with Crippen LogP contribution in [0.1, 0.15) is 43.7 Å². The van der Waals surface area contributed by atoms with Gasteiger partial charge in [-0.1, -0.05) is 24.3 Å². The molecule has 1 aromatic carbocycles. The van der Waals surface area contributed by atoms with Crippen LogP contribution in [0.25, 0.3) is 0 Å². The van der Waals surface area contributed by atoms with Gasteiger partial charge in [-0.15, -0.1) is 24.0 Å². The number of likely N-dealkylation sites (N-methyl/N-ethyl adjacent to an activating group) is 1. The molecule has 0 unspecified atom stereocenters. The van der Waals surface area contributed by atoms with Crippen molar-refractivity contribution < 1.29 is 4.74 Å². The van der Waals surface area contributed by atoms with Crippen molar-refractivity contribution in [3.63, 3.8) is 0 Å². The Bertz CT molecular complexity index is 635. The molecule has 1 heterocycles. The lowest BCUT2D eigenvalue weighted by atomic mass is 10.1. The number of ether oxygens (including phenoxy) is 1. The summed E-state index contributed by atoms with van der Waals surface area (Å²) in [5, 5.41) is 6.75. The second-order valence-electron chi connectivity index (χ2n) is 8.74. The summed E-state index contributed by atoms with van der Waals surface area (Å²) < 4.78 is 5.70. The summed E-state index contributed by atoms with van der Waals surface area (Å²) >= 11 is 0. The van der Waals surface area contributed by atoms with Crippen LogP contribution in [-0.2, 0) is 17.8 Å². The van der Waals surface area contributed by atoms with E-state index in [-0.39, 0.29) is 24.0 Å². The van der Waals surface area contributed by atoms with E-state index < -0.39 is 0 Å². The fourth-order valence-electron chi connectivity index (χ4n) is 3.69. The number of nitrogens with one attached hydrogen (secondary N) is 2. The van der Waals surface area contributed by atoms with E-state index in [0.717, 1.165) is 57.7 Å². The first kappa shape index (κ1) is 26.4. The molecule has 0 bridgehead atoms. The molecule has 0 amide bonds. The second-order valence-corrected chi connectivity index (χ2v) is 8.74. The van der Waals surface area contributed by atoms with Crippen LogP contribution < -0.4 is 10.6 Å². The molecule has 2 N–H and O–H groups in total. The molecule has 2 fully saturated rings. The van der Waals surface area contributed by atoms with E-state index in [1.807, 2.05) is 0 Å². The average molecular weight is 544 g/mol. The SMILES string of the molecule is CCNC(=NCc1ccc(CN2CCCN(C)CC2)cc1)NCCCOCC1CC1.I. The van der Waals surface area contributed by atoms with E-state index in [2.05, 4.69) is 58.7 Å². The van der Waals surface area contributed by atoms with Gasteiger partial charge in [-0.3, -0.25) is 4.90 Å². The molecule has 0 spiro atoms. The number of hydrogen-bond acceptors (Lipinski definition) is 4. The summed E-state index contributed by atoms with van der Waals surface area (Å²) in [5.74, 6) is 1.73. The Hall–Kier alpha value is -0.900. The predicted molar refractivity (Wildman–Crippen MR) is 140 cm³/mol. The Morgan fingerprint density at radius 2 is 1.84 bits per heavy atom. The average Bonchev–Trinajstić information content (AvgIpc) is 3.59. The summed E-state index contributed by atoms with van der Waals surface area (Å²) in [6, 6.07) is 8.96. The molecule has 0 aromatic heterocycles. The molecule has 1 aliphatic carbocycles. The van der Waals surface area contributed by atoms with Crippen molar-refractivity contribution in [1.29, 1.82) is 0 Å². The normalized spacial score (nSPS) is 18.3. The Kier molecular flexibility index (Phi) is 12.8. The van der Waals surface area contributed by atoms with E-state index in [0.29, 0.717) is 6.54 Å². The molecular weight excluding hydrogens is 501 g/mol. The number of rotatable bonds is 11. The molecule has 1 saturated carbocycles. The topological polar surface area (TPSA) is 52.1 Å². The highest BCUT2D eigenvalue weighted by molar-refractivity contribution is 14.0. The minimum Gasteiger partial charge on any atom is -0.381 e. The van der Waals surface area contributed by atoms with E-state index in [4.69, 9.17) is 9.73 Å². The Morgan fingerprint density at radius 3 is 2.58 bits per heavy atom. The number of nitrogens with zero attached hydrogens (tertiary/aromatic N) is 3. The lowest BCUT2D eigenvalue weighted by Gasteiger charge is -2.20. The molecule has 1 aromatic rings. The minimum absolute atomic E-state index is 0. The summed E-state index contributed by atoms with van der Waals surface area (Å²) in [6.45, 7) is 12.1. The molecule has 1 aliphatic heterocycles. The first-order valence-electron chi connectivity index (χ1n) is 11.8. The van der Waals surface area contributed by atoms with Gasteiger partial charge in [-0.2, -0.15) is 0 Å². The van der Waals surface area contributed by atoms with Gasteiger partial charge in [0.2, 0.25) is 0 Å². The van der Waals surface area contributed by atoms with Gasteiger partial charge in [0, 0.05) is 45.9 Å². The highest BCUT2D eigenvalue weighted by Gasteiger charge is 2.20. The zero-order valence-corrected chi connectivity index (χ0v) is 21.8. The Morgan fingerprint density at radius 1 is 1.06 bits per heavy atom. The van der Waals surface area contributed by atoms with E-state index in [1.54, 1.807) is 0 Å². The van der Waals surface area contributed by atoms with Crippen molar-refractivity contribution in [1.82, 2.24) is 20.4 Å². The lowest BCUT2D eigenvalue weighted by molar-refractivity contribution is 0.123. The number of aliphatic imine (C=N–C) groups is 1. The maximum Gasteiger partial charge on any atom is 0.191 e. The van der Waals surface area contributed by atoms with Gasteiger partial charge in [0.05, 0.1) is 6.54 Å². The number of hydrogen-bond donors (Lipinski definition) is 2. The Labute approximate surface area is 206 Å². The summed E-state index contributed by atoms with van der Waals surface area (Å²) in [7, 11) is 2.22. The van der Waals surface area contributed by atoms with Gasteiger partial charge in [0.25, 0.3) is 0 Å². The molecule has 176 valence electrons. The number of benzene rings is 1. The first-order valence-corrected chi connectivity index (χ1v) is 11.8. The maximum absolute atomic E-state index is 5.70. The number of halogens is 1. The fourth-order valence-corrected chi connectivity index (χ4v) is 3.69. The second kappa shape index (κ2) is 15.0. The highest BCUT2D eigenvalue weighted by atomic mass is 127. The summed E-state index contributed by atoms with van der Waals surface area (Å²) in [5.41, 5.74) is 2.64. The minimum atomic E-state index is 0. The molecule has 6 nitrogen and oxygen atoms in total. The largest absolute Gasteiger partial charge is 0.381 e. The zero-order chi connectivity index (χ0) is 21.0. The smallest absolute Gasteiger partial charge is 0.191 e. The quantitative estimate of drug-likeness (QED) is 0.194. The standard InChI is InChI=1S/C24H41N5O.HI/c1-3-25-24(26-12-4-17-30-20-23-10-11-23)27-18-21-6-8-22(9-7-21)19-29-14-5-13-28(2)15-16-29;/h6-9,23H,3-5,10-20H2,1-2H3,(H2,25,26,27);1H. The Balaban J connectivity index is 0.00000341. The third kappa shape index (κ3) is 11.0. The molecule has 0 atom stereocenters. The van der Waals surface area contributed by atoms with Crippen molar-refractivity contribution >= 4 is 29.9 Å². The van der Waals surface area contributed by atoms with Crippen LogP contribution in [0.3, 0.4) is 0 Å². The van der Waals surface area contributed by atoms with Crippen molar-refractivity contribution in [3.05, 3.63) is 35.4 Å². The highest BCUT2D eigenvalue weighted by Crippen LogP contribution is 2.28. The summed E-state index contributed by atoms with van der Waals surface area (Å²) in [4.78, 5) is 9.74. The van der Waals surface area contributed by atoms with Crippen LogP contribution in [0, 0.1) is 5.92 Å². The fraction of sp³-hybridized carbons (Fsp3) is 0.708. The maximum atomic E-state index is 5.70. The van der Waals surface area contributed by atoms with Gasteiger partial charge in [-0.05, 0) is 69.8 Å². The van der Waals surface area contributed by atoms with Crippen LogP contribution in [0.5, 0.6) is 0 Å². The van der Waals surface area contributed by atoms with Crippen molar-refractivity contribution in [2.45, 2.75) is 45.7 Å². The van der Waals surface area contributed by atoms with Crippen molar-refractivity contribution in [3.8, 4) is 0 Å². The molecular formula is C24H42IN5O. The van der Waals surface area contributed by atoms with Crippen LogP contribution >= 0.6 is 24.0 Å². The molecule has 7 heteroatoms. The summed E-state index contributed by atoms with van der Waals surface area (Å²) in [6.07, 6.45) is 4.98. The van der Waals surface area contributed by atoms with Crippen LogP contribution in [0.2, 0.25) is 0 Å². The van der Waals surface area contributed by atoms with Crippen molar-refractivity contribution in [2.24, 2.45) is 10.9 Å². The predicted octanol–water partition coefficient (Wildman–Crippen LogP) is 3.31. The molecule has 2 aliphatic rings. The van der Waals surface area contributed by atoms with Crippen LogP contribution in [0.4, 0.5) is 0 Å². The first-order chi connectivity index (χ1) is 14.7. The molecule has 0 radical (unpaired) electrons. The van der Waals surface area contributed by atoms with Gasteiger partial charge in [0.1, 0.15) is 0 Å². The van der Waals surface area contributed by atoms with Crippen LogP contribution in [-0.4, -0.2) is 75.3 Å². The van der Waals surface area contributed by atoms with E-state index >= 15 is 0 Å². The third-order valence-electron chi connectivity index (χ3n) is 5.81.